The van der Waals surface area contributed by atoms with Gasteiger partial charge >= 0.3 is 0 Å². The maximum atomic E-state index is 13.6. The average Bonchev–Trinajstić information content (AvgIpc) is 3.61. The van der Waals surface area contributed by atoms with Crippen molar-refractivity contribution in [2.75, 3.05) is 13.2 Å². The van der Waals surface area contributed by atoms with Gasteiger partial charge in [-0.15, -0.1) is 0 Å². The number of aromatic nitrogens is 3. The fraction of sp³-hybridized carbons (Fsp3) is 0.185. The van der Waals surface area contributed by atoms with Crippen LogP contribution in [-0.2, 0) is 20.7 Å². The first kappa shape index (κ1) is 24.3. The van der Waals surface area contributed by atoms with E-state index in [2.05, 4.69) is 15.4 Å². The van der Waals surface area contributed by atoms with Crippen LogP contribution in [0, 0.1) is 5.82 Å². The molecular formula is C27H24FN5O4. The number of primary amides is 1. The van der Waals surface area contributed by atoms with E-state index in [1.54, 1.807) is 42.7 Å². The quantitative estimate of drug-likeness (QED) is 0.383. The first-order valence-corrected chi connectivity index (χ1v) is 11.7. The van der Waals surface area contributed by atoms with Gasteiger partial charge in [-0.3, -0.25) is 9.59 Å². The number of amides is 2. The molecule has 9 nitrogen and oxygen atoms in total. The van der Waals surface area contributed by atoms with Crippen LogP contribution in [-0.4, -0.2) is 51.6 Å². The minimum atomic E-state index is -1.81. The van der Waals surface area contributed by atoms with Gasteiger partial charge in [-0.05, 0) is 54.4 Å². The number of benzene rings is 2. The van der Waals surface area contributed by atoms with Crippen LogP contribution in [0.25, 0.3) is 17.1 Å². The van der Waals surface area contributed by atoms with Crippen LogP contribution >= 0.6 is 0 Å². The summed E-state index contributed by atoms with van der Waals surface area (Å²) in [7, 11) is 0. The first-order chi connectivity index (χ1) is 18.0. The summed E-state index contributed by atoms with van der Waals surface area (Å²) < 4.78 is 26.1. The fourth-order valence-corrected chi connectivity index (χ4v) is 4.28. The van der Waals surface area contributed by atoms with Crippen molar-refractivity contribution < 1.29 is 23.5 Å². The summed E-state index contributed by atoms with van der Waals surface area (Å²) >= 11 is 0. The number of hydrogen-bond acceptors (Lipinski definition) is 6. The molecule has 2 amide bonds. The van der Waals surface area contributed by atoms with E-state index in [1.165, 1.54) is 16.8 Å². The van der Waals surface area contributed by atoms with E-state index < -0.39 is 23.6 Å². The lowest BCUT2D eigenvalue weighted by molar-refractivity contribution is -0.189. The van der Waals surface area contributed by atoms with E-state index in [0.29, 0.717) is 11.3 Å². The number of nitrogens with zero attached hydrogens (tertiary/aromatic N) is 3. The smallest absolute Gasteiger partial charge is 0.280 e. The summed E-state index contributed by atoms with van der Waals surface area (Å²) in [5.74, 6) is -3.22. The summed E-state index contributed by atoms with van der Waals surface area (Å²) in [6, 6.07) is 19.3. The van der Waals surface area contributed by atoms with Crippen molar-refractivity contribution in [3.05, 3.63) is 102 Å². The van der Waals surface area contributed by atoms with Gasteiger partial charge < -0.3 is 20.5 Å². The summed E-state index contributed by atoms with van der Waals surface area (Å²) in [6.45, 7) is 0.337. The van der Waals surface area contributed by atoms with Gasteiger partial charge in [-0.25, -0.2) is 14.1 Å². The molecule has 4 aromatic rings. The monoisotopic (exact) mass is 501 g/mol. The Morgan fingerprint density at radius 3 is 2.46 bits per heavy atom. The Morgan fingerprint density at radius 1 is 1.03 bits per heavy atom. The van der Waals surface area contributed by atoms with Gasteiger partial charge in [0, 0.05) is 18.0 Å². The molecule has 0 radical (unpaired) electrons. The van der Waals surface area contributed by atoms with Crippen LogP contribution in [0.2, 0.25) is 0 Å². The van der Waals surface area contributed by atoms with Crippen molar-refractivity contribution in [3.8, 4) is 17.1 Å². The third-order valence-electron chi connectivity index (χ3n) is 6.08. The first-order valence-electron chi connectivity index (χ1n) is 11.7. The van der Waals surface area contributed by atoms with Crippen molar-refractivity contribution >= 4 is 11.8 Å². The van der Waals surface area contributed by atoms with Crippen molar-refractivity contribution in [2.45, 2.75) is 18.2 Å². The highest BCUT2D eigenvalue weighted by Crippen LogP contribution is 2.27. The lowest BCUT2D eigenvalue weighted by Gasteiger charge is -2.33. The molecule has 188 valence electrons. The largest absolute Gasteiger partial charge is 0.365 e. The molecule has 3 N–H and O–H groups in total. The molecule has 0 spiro atoms. The Labute approximate surface area is 212 Å². The zero-order valence-electron chi connectivity index (χ0n) is 19.7. The summed E-state index contributed by atoms with van der Waals surface area (Å²) in [5.41, 5.74) is 8.07. The molecule has 3 heterocycles. The second kappa shape index (κ2) is 10.3. The Kier molecular flexibility index (Phi) is 6.76. The highest BCUT2D eigenvalue weighted by Gasteiger charge is 2.51. The third kappa shape index (κ3) is 4.97. The highest BCUT2D eigenvalue weighted by molar-refractivity contribution is 5.98. The second-order valence-electron chi connectivity index (χ2n) is 8.47. The maximum Gasteiger partial charge on any atom is 0.280 e. The van der Waals surface area contributed by atoms with Crippen LogP contribution in [0.3, 0.4) is 0 Å². The minimum absolute atomic E-state index is 0.168. The molecule has 1 unspecified atom stereocenters. The van der Waals surface area contributed by atoms with Gasteiger partial charge in [0.1, 0.15) is 5.82 Å². The van der Waals surface area contributed by atoms with E-state index in [-0.39, 0.29) is 36.8 Å². The summed E-state index contributed by atoms with van der Waals surface area (Å²) in [6.07, 6.45) is 3.44. The number of carbonyl (C=O) groups excluding carboxylic acids is 2. The van der Waals surface area contributed by atoms with E-state index in [4.69, 9.17) is 15.2 Å². The number of rotatable bonds is 8. The number of nitrogens with two attached hydrogens (primary N) is 1. The number of ether oxygens (including phenoxy) is 2. The average molecular weight is 502 g/mol. The Balaban J connectivity index is 1.46. The standard InChI is InChI=1S/C27H24FN5O4/c28-20-10-8-19(9-11-20)22-12-14-33(32-22)24-21(7-4-13-30-24)25(34)31-23(17-18-5-2-1-3-6-18)27(26(29)35)36-15-16-37-27/h1-14,23H,15-17H2,(H2,29,35)(H,31,34). The van der Waals surface area contributed by atoms with Gasteiger partial charge in [0.25, 0.3) is 17.6 Å². The van der Waals surface area contributed by atoms with Crippen molar-refractivity contribution in [2.24, 2.45) is 5.73 Å². The molecule has 37 heavy (non-hydrogen) atoms. The fourth-order valence-electron chi connectivity index (χ4n) is 4.28. The second-order valence-corrected chi connectivity index (χ2v) is 8.47. The number of halogens is 1. The highest BCUT2D eigenvalue weighted by atomic mass is 19.1. The molecule has 0 aliphatic carbocycles. The van der Waals surface area contributed by atoms with E-state index in [9.17, 15) is 14.0 Å². The molecule has 0 saturated carbocycles. The lowest BCUT2D eigenvalue weighted by Crippen LogP contribution is -2.61. The zero-order chi connectivity index (χ0) is 25.8. The van der Waals surface area contributed by atoms with Crippen LogP contribution in [0.1, 0.15) is 15.9 Å². The number of pyridine rings is 1. The molecule has 1 aliphatic heterocycles. The number of carbonyl (C=O) groups is 2. The van der Waals surface area contributed by atoms with Gasteiger partial charge in [0.15, 0.2) is 5.82 Å². The molecule has 1 fully saturated rings. The van der Waals surface area contributed by atoms with E-state index >= 15 is 0 Å². The number of nitrogens with one attached hydrogen (secondary N) is 1. The predicted molar refractivity (Wildman–Crippen MR) is 132 cm³/mol. The summed E-state index contributed by atoms with van der Waals surface area (Å²) in [5, 5.41) is 7.41. The summed E-state index contributed by atoms with van der Waals surface area (Å²) in [4.78, 5) is 30.4. The Morgan fingerprint density at radius 2 is 1.76 bits per heavy atom. The molecule has 2 aromatic heterocycles. The lowest BCUT2D eigenvalue weighted by atomic mass is 9.97. The normalized spacial score (nSPS) is 15.3. The Bertz CT molecular complexity index is 1400. The van der Waals surface area contributed by atoms with Crippen LogP contribution in [0.5, 0.6) is 0 Å². The molecule has 0 bridgehead atoms. The predicted octanol–water partition coefficient (Wildman–Crippen LogP) is 2.64. The third-order valence-corrected chi connectivity index (χ3v) is 6.08. The molecule has 10 heteroatoms. The molecular weight excluding hydrogens is 477 g/mol. The van der Waals surface area contributed by atoms with Crippen molar-refractivity contribution in [3.63, 3.8) is 0 Å². The molecule has 1 aliphatic rings. The van der Waals surface area contributed by atoms with Gasteiger partial charge in [-0.2, -0.15) is 5.10 Å². The van der Waals surface area contributed by atoms with Crippen molar-refractivity contribution in [1.29, 1.82) is 0 Å². The van der Waals surface area contributed by atoms with Gasteiger partial charge in [0.05, 0.1) is 30.5 Å². The SMILES string of the molecule is NC(=O)C1(C(Cc2ccccc2)NC(=O)c2cccnc2-n2ccc(-c3ccc(F)cc3)n2)OCCO1. The van der Waals surface area contributed by atoms with E-state index in [1.807, 2.05) is 30.3 Å². The minimum Gasteiger partial charge on any atom is -0.365 e. The van der Waals surface area contributed by atoms with Gasteiger partial charge in [0.2, 0.25) is 0 Å². The Hall–Kier alpha value is -4.41. The molecule has 1 saturated heterocycles. The maximum absolute atomic E-state index is 13.6. The van der Waals surface area contributed by atoms with Crippen LogP contribution < -0.4 is 11.1 Å². The van der Waals surface area contributed by atoms with Crippen LogP contribution in [0.4, 0.5) is 4.39 Å². The topological polar surface area (TPSA) is 121 Å². The molecule has 2 aromatic carbocycles. The molecule has 1 atom stereocenters. The zero-order valence-corrected chi connectivity index (χ0v) is 19.7. The van der Waals surface area contributed by atoms with Crippen LogP contribution in [0.15, 0.2) is 85.2 Å². The number of hydrogen-bond donors (Lipinski definition) is 2. The van der Waals surface area contributed by atoms with Crippen molar-refractivity contribution in [1.82, 2.24) is 20.1 Å². The van der Waals surface area contributed by atoms with Gasteiger partial charge in [-0.1, -0.05) is 30.3 Å². The van der Waals surface area contributed by atoms with E-state index in [0.717, 1.165) is 5.56 Å². The molecule has 5 rings (SSSR count).